The average Bonchev–Trinajstić information content (AvgIpc) is 3.11. The van der Waals surface area contributed by atoms with Crippen molar-refractivity contribution in [3.8, 4) is 0 Å². The second-order valence-corrected chi connectivity index (χ2v) is 6.61. The van der Waals surface area contributed by atoms with Gasteiger partial charge in [0.25, 0.3) is 0 Å². The molecule has 5 nitrogen and oxygen atoms in total. The maximum atomic E-state index is 14.0. The highest BCUT2D eigenvalue weighted by Crippen LogP contribution is 2.36. The smallest absolute Gasteiger partial charge is 0.106 e. The topological polar surface area (TPSA) is 67.2 Å². The number of fused-ring (bicyclic) bond motifs is 1. The summed E-state index contributed by atoms with van der Waals surface area (Å²) in [6, 6.07) is -0.112. The summed E-state index contributed by atoms with van der Waals surface area (Å²) >= 11 is 0. The number of aromatic nitrogens is 2. The molecule has 1 saturated heterocycles. The van der Waals surface area contributed by atoms with E-state index >= 15 is 0 Å². The summed E-state index contributed by atoms with van der Waals surface area (Å²) < 4.78 is 33.4. The minimum atomic E-state index is -0.605. The van der Waals surface area contributed by atoms with E-state index in [1.807, 2.05) is 6.20 Å². The van der Waals surface area contributed by atoms with E-state index in [1.54, 1.807) is 0 Å². The highest BCUT2D eigenvalue weighted by atomic mass is 19.1. The lowest BCUT2D eigenvalue weighted by Crippen LogP contribution is -2.53. The maximum Gasteiger partial charge on any atom is 0.106 e. The van der Waals surface area contributed by atoms with Crippen LogP contribution in [0.1, 0.15) is 24.1 Å². The molecule has 0 amide bonds. The van der Waals surface area contributed by atoms with Crippen LogP contribution in [0, 0.1) is 5.92 Å². The number of nitrogens with one attached hydrogen (secondary N) is 1. The van der Waals surface area contributed by atoms with Crippen LogP contribution in [0.25, 0.3) is 0 Å². The molecule has 3 aliphatic rings. The molecule has 4 rings (SSSR count). The third kappa shape index (κ3) is 2.73. The molecule has 1 aromatic rings. The molecule has 1 fully saturated rings. The maximum absolute atomic E-state index is 14.0. The third-order valence-corrected chi connectivity index (χ3v) is 5.09. The fourth-order valence-electron chi connectivity index (χ4n) is 3.82. The zero-order valence-electron chi connectivity index (χ0n) is 12.7. The Morgan fingerprint density at radius 1 is 1.30 bits per heavy atom. The van der Waals surface area contributed by atoms with Gasteiger partial charge in [-0.05, 0) is 18.6 Å². The van der Waals surface area contributed by atoms with E-state index in [1.165, 1.54) is 17.7 Å². The Hall–Kier alpha value is -1.57. The van der Waals surface area contributed by atoms with Crippen molar-refractivity contribution in [1.82, 2.24) is 15.1 Å². The molecule has 2 aliphatic heterocycles. The van der Waals surface area contributed by atoms with E-state index in [-0.39, 0.29) is 30.2 Å². The summed E-state index contributed by atoms with van der Waals surface area (Å²) in [7, 11) is 0. The lowest BCUT2D eigenvalue weighted by atomic mass is 9.85. The van der Waals surface area contributed by atoms with Gasteiger partial charge in [0.1, 0.15) is 11.7 Å². The van der Waals surface area contributed by atoms with Crippen LogP contribution in [0.3, 0.4) is 0 Å². The SMILES string of the molecule is N[C@H]1C[C@@H](N2Cc3cn[nH]c3C2)COC1[C@H]1CC(F)=CC=C1F. The van der Waals surface area contributed by atoms with Crippen molar-refractivity contribution in [1.29, 1.82) is 0 Å². The van der Waals surface area contributed by atoms with E-state index in [2.05, 4.69) is 15.1 Å². The molecule has 1 unspecified atom stereocenters. The van der Waals surface area contributed by atoms with Crippen LogP contribution in [0.15, 0.2) is 30.0 Å². The first-order valence-electron chi connectivity index (χ1n) is 7.96. The van der Waals surface area contributed by atoms with Crippen LogP contribution in [-0.4, -0.2) is 39.9 Å². The third-order valence-electron chi connectivity index (χ3n) is 5.09. The first-order chi connectivity index (χ1) is 11.1. The van der Waals surface area contributed by atoms with Gasteiger partial charge in [-0.15, -0.1) is 0 Å². The molecule has 0 saturated carbocycles. The molecule has 7 heteroatoms. The van der Waals surface area contributed by atoms with Crippen molar-refractivity contribution in [3.05, 3.63) is 41.3 Å². The molecule has 0 aromatic carbocycles. The molecule has 0 radical (unpaired) electrons. The number of ether oxygens (including phenoxy) is 1. The fraction of sp³-hybridized carbons (Fsp3) is 0.562. The molecule has 1 aromatic heterocycles. The number of nitrogens with two attached hydrogens (primary N) is 1. The fourth-order valence-corrected chi connectivity index (χ4v) is 3.82. The Bertz CT molecular complexity index is 636. The predicted molar refractivity (Wildman–Crippen MR) is 80.4 cm³/mol. The molecule has 3 N–H and O–H groups in total. The van der Waals surface area contributed by atoms with Crippen molar-refractivity contribution >= 4 is 0 Å². The van der Waals surface area contributed by atoms with Crippen molar-refractivity contribution in [2.45, 2.75) is 44.1 Å². The molecular formula is C16H20F2N4O. The van der Waals surface area contributed by atoms with Crippen LogP contribution in [0.4, 0.5) is 8.78 Å². The number of aromatic amines is 1. The lowest BCUT2D eigenvalue weighted by Gasteiger charge is -2.41. The highest BCUT2D eigenvalue weighted by Gasteiger charge is 2.40. The summed E-state index contributed by atoms with van der Waals surface area (Å²) in [6.07, 6.45) is 4.49. The Labute approximate surface area is 133 Å². The van der Waals surface area contributed by atoms with E-state index in [0.717, 1.165) is 25.2 Å². The van der Waals surface area contributed by atoms with Crippen LogP contribution in [0.5, 0.6) is 0 Å². The van der Waals surface area contributed by atoms with Gasteiger partial charge >= 0.3 is 0 Å². The number of hydrogen-bond donors (Lipinski definition) is 2. The summed E-state index contributed by atoms with van der Waals surface area (Å²) in [6.45, 7) is 2.12. The Kier molecular flexibility index (Phi) is 3.79. The quantitative estimate of drug-likeness (QED) is 0.873. The van der Waals surface area contributed by atoms with E-state index in [0.29, 0.717) is 6.61 Å². The largest absolute Gasteiger partial charge is 0.374 e. The first-order valence-corrected chi connectivity index (χ1v) is 7.96. The number of halogens is 2. The normalized spacial score (nSPS) is 34.9. The van der Waals surface area contributed by atoms with Gasteiger partial charge in [-0.3, -0.25) is 10.00 Å². The molecule has 124 valence electrons. The Morgan fingerprint density at radius 3 is 2.96 bits per heavy atom. The number of H-pyrrole nitrogens is 1. The number of rotatable bonds is 2. The van der Waals surface area contributed by atoms with Gasteiger partial charge in [-0.1, -0.05) is 0 Å². The minimum Gasteiger partial charge on any atom is -0.374 e. The van der Waals surface area contributed by atoms with Crippen molar-refractivity contribution in [2.75, 3.05) is 6.61 Å². The van der Waals surface area contributed by atoms with Crippen LogP contribution in [-0.2, 0) is 17.8 Å². The number of nitrogens with zero attached hydrogens (tertiary/aromatic N) is 2. The number of hydrogen-bond acceptors (Lipinski definition) is 4. The standard InChI is InChI=1S/C16H20F2N4O/c17-10-1-2-13(18)12(3-10)16-14(19)4-11(8-23-16)22-6-9-5-20-21-15(9)7-22/h1-2,5,11-12,14,16H,3-4,6-8,19H2,(H,20,21)/t11-,12+,14+,16?/m1/s1. The van der Waals surface area contributed by atoms with Crippen LogP contribution >= 0.6 is 0 Å². The molecule has 23 heavy (non-hydrogen) atoms. The molecular weight excluding hydrogens is 302 g/mol. The number of allylic oxidation sites excluding steroid dienone is 3. The second-order valence-electron chi connectivity index (χ2n) is 6.61. The predicted octanol–water partition coefficient (Wildman–Crippen LogP) is 1.94. The van der Waals surface area contributed by atoms with Gasteiger partial charge < -0.3 is 10.5 Å². The van der Waals surface area contributed by atoms with Gasteiger partial charge in [0, 0.05) is 43.1 Å². The zero-order valence-corrected chi connectivity index (χ0v) is 12.7. The van der Waals surface area contributed by atoms with Gasteiger partial charge in [0.15, 0.2) is 0 Å². The summed E-state index contributed by atoms with van der Waals surface area (Å²) in [5.74, 6) is -1.26. The zero-order chi connectivity index (χ0) is 16.0. The molecule has 3 heterocycles. The summed E-state index contributed by atoms with van der Waals surface area (Å²) in [5.41, 5.74) is 8.58. The molecule has 4 atom stereocenters. The van der Waals surface area contributed by atoms with Gasteiger partial charge in [0.05, 0.1) is 24.6 Å². The van der Waals surface area contributed by atoms with Gasteiger partial charge in [-0.25, -0.2) is 8.78 Å². The van der Waals surface area contributed by atoms with Crippen molar-refractivity contribution in [2.24, 2.45) is 11.7 Å². The summed E-state index contributed by atoms with van der Waals surface area (Å²) in [4.78, 5) is 2.30. The van der Waals surface area contributed by atoms with E-state index in [9.17, 15) is 8.78 Å². The highest BCUT2D eigenvalue weighted by molar-refractivity contribution is 5.23. The van der Waals surface area contributed by atoms with Gasteiger partial charge in [-0.2, -0.15) is 5.10 Å². The lowest BCUT2D eigenvalue weighted by molar-refractivity contribution is -0.0729. The molecule has 0 bridgehead atoms. The van der Waals surface area contributed by atoms with Gasteiger partial charge in [0.2, 0.25) is 0 Å². The molecule has 1 aliphatic carbocycles. The van der Waals surface area contributed by atoms with E-state index in [4.69, 9.17) is 10.5 Å². The Morgan fingerprint density at radius 2 is 2.17 bits per heavy atom. The van der Waals surface area contributed by atoms with Crippen LogP contribution in [0.2, 0.25) is 0 Å². The monoisotopic (exact) mass is 322 g/mol. The first kappa shape index (κ1) is 15.0. The second kappa shape index (κ2) is 5.81. The van der Waals surface area contributed by atoms with Crippen molar-refractivity contribution < 1.29 is 13.5 Å². The Balaban J connectivity index is 1.40. The average molecular weight is 322 g/mol. The summed E-state index contributed by atoms with van der Waals surface area (Å²) in [5, 5.41) is 7.03. The van der Waals surface area contributed by atoms with Crippen LogP contribution < -0.4 is 5.73 Å². The van der Waals surface area contributed by atoms with E-state index < -0.39 is 12.0 Å². The van der Waals surface area contributed by atoms with Crippen molar-refractivity contribution in [3.63, 3.8) is 0 Å². The molecule has 0 spiro atoms. The minimum absolute atomic E-state index is 0.0331.